The smallest absolute Gasteiger partial charge is 0.121 e. The van der Waals surface area contributed by atoms with Crippen molar-refractivity contribution in [1.82, 2.24) is 0 Å². The Bertz CT molecular complexity index is 542. The number of hydrogen-bond donors (Lipinski definition) is 0. The summed E-state index contributed by atoms with van der Waals surface area (Å²) in [5.74, 6) is 1.62. The Morgan fingerprint density at radius 1 is 1.32 bits per heavy atom. The first-order valence-electron chi connectivity index (χ1n) is 7.14. The molecule has 1 aromatic rings. The molecule has 19 heavy (non-hydrogen) atoms. The molecule has 2 nitrogen and oxygen atoms in total. The molecule has 100 valence electrons. The van der Waals surface area contributed by atoms with Crippen LogP contribution in [0.4, 0.5) is 0 Å². The fraction of sp³-hybridized carbons (Fsp3) is 0.588. The van der Waals surface area contributed by atoms with Crippen LogP contribution in [0.15, 0.2) is 24.3 Å². The van der Waals surface area contributed by atoms with Crippen molar-refractivity contribution in [2.24, 2.45) is 16.7 Å². The quantitative estimate of drug-likeness (QED) is 0.795. The molecule has 3 unspecified atom stereocenters. The van der Waals surface area contributed by atoms with E-state index in [1.807, 2.05) is 24.3 Å². The summed E-state index contributed by atoms with van der Waals surface area (Å²) < 4.78 is 6.24. The maximum absolute atomic E-state index is 8.96. The van der Waals surface area contributed by atoms with Crippen molar-refractivity contribution in [3.05, 3.63) is 29.8 Å². The SMILES string of the molecule is CC1(C)C2CCC1(C)C(Oc1cccc(C#N)c1)C2. The van der Waals surface area contributed by atoms with Gasteiger partial charge < -0.3 is 4.74 Å². The molecule has 3 rings (SSSR count). The highest BCUT2D eigenvalue weighted by Crippen LogP contribution is 2.66. The predicted molar refractivity (Wildman–Crippen MR) is 74.8 cm³/mol. The number of nitrogens with zero attached hydrogens (tertiary/aromatic N) is 1. The molecule has 0 spiro atoms. The van der Waals surface area contributed by atoms with Gasteiger partial charge in [-0.25, -0.2) is 0 Å². The molecule has 0 aliphatic heterocycles. The summed E-state index contributed by atoms with van der Waals surface area (Å²) in [5.41, 5.74) is 1.30. The third-order valence-corrected chi connectivity index (χ3v) is 5.96. The Balaban J connectivity index is 1.84. The summed E-state index contributed by atoms with van der Waals surface area (Å²) >= 11 is 0. The maximum atomic E-state index is 8.96. The van der Waals surface area contributed by atoms with Crippen LogP contribution >= 0.6 is 0 Å². The van der Waals surface area contributed by atoms with Crippen molar-refractivity contribution in [3.8, 4) is 11.8 Å². The molecule has 2 saturated carbocycles. The predicted octanol–water partition coefficient (Wildman–Crippen LogP) is 4.15. The van der Waals surface area contributed by atoms with E-state index in [0.29, 0.717) is 11.0 Å². The van der Waals surface area contributed by atoms with Crippen LogP contribution in [0.25, 0.3) is 0 Å². The number of ether oxygens (including phenoxy) is 1. The first kappa shape index (κ1) is 12.5. The second-order valence-electron chi connectivity index (χ2n) is 6.86. The van der Waals surface area contributed by atoms with Gasteiger partial charge in [-0.3, -0.25) is 0 Å². The van der Waals surface area contributed by atoms with Crippen LogP contribution in [0.5, 0.6) is 5.75 Å². The van der Waals surface area contributed by atoms with Crippen LogP contribution in [0.1, 0.15) is 45.6 Å². The fourth-order valence-electron chi connectivity index (χ4n) is 4.11. The molecule has 1 aromatic carbocycles. The Kier molecular flexibility index (Phi) is 2.64. The van der Waals surface area contributed by atoms with Gasteiger partial charge in [-0.1, -0.05) is 26.8 Å². The van der Waals surface area contributed by atoms with Crippen molar-refractivity contribution in [1.29, 1.82) is 5.26 Å². The first-order chi connectivity index (χ1) is 8.97. The molecule has 2 aliphatic rings. The minimum Gasteiger partial charge on any atom is -0.490 e. The molecule has 0 N–H and O–H groups in total. The Hall–Kier alpha value is -1.49. The van der Waals surface area contributed by atoms with E-state index >= 15 is 0 Å². The Labute approximate surface area is 115 Å². The van der Waals surface area contributed by atoms with Gasteiger partial charge in [0.15, 0.2) is 0 Å². The second kappa shape index (κ2) is 4.00. The molecular formula is C17H21NO. The van der Waals surface area contributed by atoms with Gasteiger partial charge in [0.1, 0.15) is 11.9 Å². The largest absolute Gasteiger partial charge is 0.490 e. The average molecular weight is 255 g/mol. The zero-order chi connectivity index (χ0) is 13.7. The highest BCUT2D eigenvalue weighted by molar-refractivity contribution is 5.36. The summed E-state index contributed by atoms with van der Waals surface area (Å²) in [6, 6.07) is 9.70. The van der Waals surface area contributed by atoms with Crippen molar-refractivity contribution in [2.45, 2.75) is 46.1 Å². The molecule has 2 aliphatic carbocycles. The van der Waals surface area contributed by atoms with Gasteiger partial charge in [-0.15, -0.1) is 0 Å². The summed E-state index contributed by atoms with van der Waals surface area (Å²) in [6.07, 6.45) is 4.03. The second-order valence-corrected chi connectivity index (χ2v) is 6.86. The lowest BCUT2D eigenvalue weighted by Gasteiger charge is -2.38. The molecule has 0 radical (unpaired) electrons. The van der Waals surface area contributed by atoms with Crippen molar-refractivity contribution < 1.29 is 4.74 Å². The van der Waals surface area contributed by atoms with Gasteiger partial charge in [-0.2, -0.15) is 5.26 Å². The lowest BCUT2D eigenvalue weighted by Crippen LogP contribution is -2.38. The standard InChI is InChI=1S/C17H21NO/c1-16(2)13-7-8-17(16,3)15(10-13)19-14-6-4-5-12(9-14)11-18/h4-6,9,13,15H,7-8,10H2,1-3H3. The van der Waals surface area contributed by atoms with E-state index in [1.54, 1.807) is 0 Å². The molecule has 2 fully saturated rings. The van der Waals surface area contributed by atoms with Crippen LogP contribution < -0.4 is 4.74 Å². The van der Waals surface area contributed by atoms with Gasteiger partial charge in [0.25, 0.3) is 0 Å². The fourth-order valence-corrected chi connectivity index (χ4v) is 4.11. The molecular weight excluding hydrogens is 234 g/mol. The van der Waals surface area contributed by atoms with Crippen LogP contribution in [-0.2, 0) is 0 Å². The summed E-state index contributed by atoms with van der Waals surface area (Å²) in [7, 11) is 0. The summed E-state index contributed by atoms with van der Waals surface area (Å²) in [6.45, 7) is 7.15. The maximum Gasteiger partial charge on any atom is 0.121 e. The monoisotopic (exact) mass is 255 g/mol. The van der Waals surface area contributed by atoms with Crippen LogP contribution in [0.2, 0.25) is 0 Å². The molecule has 0 aromatic heterocycles. The normalized spacial score (nSPS) is 35.1. The summed E-state index contributed by atoms with van der Waals surface area (Å²) in [5, 5.41) is 8.96. The van der Waals surface area contributed by atoms with Crippen LogP contribution in [-0.4, -0.2) is 6.10 Å². The highest BCUT2D eigenvalue weighted by Gasteiger charge is 2.62. The van der Waals surface area contributed by atoms with Crippen LogP contribution in [0.3, 0.4) is 0 Å². The molecule has 0 heterocycles. The number of benzene rings is 1. The number of rotatable bonds is 2. The minimum absolute atomic E-state index is 0.264. The topological polar surface area (TPSA) is 33.0 Å². The van der Waals surface area contributed by atoms with E-state index in [-0.39, 0.29) is 11.5 Å². The van der Waals surface area contributed by atoms with E-state index < -0.39 is 0 Å². The molecule has 2 bridgehead atoms. The number of nitriles is 1. The molecule has 0 saturated heterocycles. The number of fused-ring (bicyclic) bond motifs is 2. The number of hydrogen-bond acceptors (Lipinski definition) is 2. The average Bonchev–Trinajstić information content (AvgIpc) is 2.72. The van der Waals surface area contributed by atoms with Gasteiger partial charge in [0.2, 0.25) is 0 Å². The van der Waals surface area contributed by atoms with Gasteiger partial charge in [0.05, 0.1) is 11.6 Å². The Morgan fingerprint density at radius 3 is 2.68 bits per heavy atom. The van der Waals surface area contributed by atoms with Crippen LogP contribution in [0, 0.1) is 28.1 Å². The zero-order valence-corrected chi connectivity index (χ0v) is 11.9. The third kappa shape index (κ3) is 1.68. The lowest BCUT2D eigenvalue weighted by atomic mass is 9.70. The lowest BCUT2D eigenvalue weighted by molar-refractivity contribution is 0.0301. The summed E-state index contributed by atoms with van der Waals surface area (Å²) in [4.78, 5) is 0. The van der Waals surface area contributed by atoms with Gasteiger partial charge in [0, 0.05) is 5.41 Å². The first-order valence-corrected chi connectivity index (χ1v) is 7.14. The van der Waals surface area contributed by atoms with Crippen molar-refractivity contribution in [3.63, 3.8) is 0 Å². The van der Waals surface area contributed by atoms with Gasteiger partial charge >= 0.3 is 0 Å². The molecule has 3 atom stereocenters. The molecule has 0 amide bonds. The van der Waals surface area contributed by atoms with E-state index in [2.05, 4.69) is 26.8 Å². The van der Waals surface area contributed by atoms with Crippen molar-refractivity contribution >= 4 is 0 Å². The minimum atomic E-state index is 0.264. The Morgan fingerprint density at radius 2 is 2.11 bits per heavy atom. The van der Waals surface area contributed by atoms with Crippen molar-refractivity contribution in [2.75, 3.05) is 0 Å². The van der Waals surface area contributed by atoms with E-state index in [0.717, 1.165) is 18.1 Å². The van der Waals surface area contributed by atoms with E-state index in [4.69, 9.17) is 10.00 Å². The molecule has 2 heteroatoms. The third-order valence-electron chi connectivity index (χ3n) is 5.96. The van der Waals surface area contributed by atoms with E-state index in [9.17, 15) is 0 Å². The van der Waals surface area contributed by atoms with Gasteiger partial charge in [-0.05, 0) is 48.8 Å². The highest BCUT2D eigenvalue weighted by atomic mass is 16.5. The van der Waals surface area contributed by atoms with E-state index in [1.165, 1.54) is 12.8 Å². The zero-order valence-electron chi connectivity index (χ0n) is 11.9.